The van der Waals surface area contributed by atoms with E-state index in [0.717, 1.165) is 15.8 Å². The van der Waals surface area contributed by atoms with E-state index in [1.165, 1.54) is 11.3 Å². The number of nitrogens with one attached hydrogen (secondary N) is 1. The maximum atomic E-state index is 11.9. The molecular weight excluding hydrogens is 320 g/mol. The van der Waals surface area contributed by atoms with Gasteiger partial charge in [-0.2, -0.15) is 0 Å². The van der Waals surface area contributed by atoms with Crippen molar-refractivity contribution in [3.63, 3.8) is 0 Å². The Labute approximate surface area is 136 Å². The first kappa shape index (κ1) is 14.8. The topological polar surface area (TPSA) is 51.2 Å². The Bertz CT molecular complexity index is 832. The number of hydrogen-bond acceptors (Lipinski definition) is 4. The van der Waals surface area contributed by atoms with Crippen molar-refractivity contribution in [3.8, 4) is 5.75 Å². The molecular formula is C16H13ClN2O2S. The number of carbonyl (C=O) groups is 1. The highest BCUT2D eigenvalue weighted by molar-refractivity contribution is 7.22. The SMILES string of the molecule is Cc1cccc2sc(NC(=O)COc3cccc(Cl)c3)nc12. The summed E-state index contributed by atoms with van der Waals surface area (Å²) >= 11 is 7.31. The summed E-state index contributed by atoms with van der Waals surface area (Å²) in [6.45, 7) is 1.91. The minimum atomic E-state index is -0.253. The van der Waals surface area contributed by atoms with Crippen molar-refractivity contribution in [3.05, 3.63) is 53.1 Å². The lowest BCUT2D eigenvalue weighted by molar-refractivity contribution is -0.118. The molecule has 0 aliphatic heterocycles. The van der Waals surface area contributed by atoms with Gasteiger partial charge in [-0.15, -0.1) is 0 Å². The zero-order chi connectivity index (χ0) is 15.5. The predicted octanol–water partition coefficient (Wildman–Crippen LogP) is 4.28. The van der Waals surface area contributed by atoms with Crippen LogP contribution in [0.1, 0.15) is 5.56 Å². The predicted molar refractivity (Wildman–Crippen MR) is 89.9 cm³/mol. The quantitative estimate of drug-likeness (QED) is 0.776. The van der Waals surface area contributed by atoms with Gasteiger partial charge in [-0.1, -0.05) is 41.1 Å². The highest BCUT2D eigenvalue weighted by Gasteiger charge is 2.09. The van der Waals surface area contributed by atoms with E-state index in [1.54, 1.807) is 24.3 Å². The molecule has 1 N–H and O–H groups in total. The highest BCUT2D eigenvalue weighted by Crippen LogP contribution is 2.27. The van der Waals surface area contributed by atoms with E-state index in [9.17, 15) is 4.79 Å². The largest absolute Gasteiger partial charge is 0.484 e. The number of fused-ring (bicyclic) bond motifs is 1. The zero-order valence-electron chi connectivity index (χ0n) is 11.8. The standard InChI is InChI=1S/C16H13ClN2O2S/c1-10-4-2-7-13-15(10)19-16(22-13)18-14(20)9-21-12-6-3-5-11(17)8-12/h2-8H,9H2,1H3,(H,18,19,20). The molecule has 0 spiro atoms. The van der Waals surface area contributed by atoms with Crippen molar-refractivity contribution in [1.82, 2.24) is 4.98 Å². The van der Waals surface area contributed by atoms with Gasteiger partial charge < -0.3 is 4.74 Å². The average Bonchev–Trinajstić information content (AvgIpc) is 2.89. The fourth-order valence-corrected chi connectivity index (χ4v) is 3.14. The fourth-order valence-electron chi connectivity index (χ4n) is 2.00. The molecule has 0 aliphatic carbocycles. The van der Waals surface area contributed by atoms with Crippen molar-refractivity contribution in [2.24, 2.45) is 0 Å². The van der Waals surface area contributed by atoms with E-state index < -0.39 is 0 Å². The van der Waals surface area contributed by atoms with Gasteiger partial charge in [0.1, 0.15) is 5.75 Å². The first-order valence-electron chi connectivity index (χ1n) is 6.66. The van der Waals surface area contributed by atoms with Crippen LogP contribution in [-0.2, 0) is 4.79 Å². The maximum absolute atomic E-state index is 11.9. The van der Waals surface area contributed by atoms with Crippen LogP contribution in [0.15, 0.2) is 42.5 Å². The van der Waals surface area contributed by atoms with Crippen LogP contribution in [0.2, 0.25) is 5.02 Å². The molecule has 1 heterocycles. The number of nitrogens with zero attached hydrogens (tertiary/aromatic N) is 1. The minimum Gasteiger partial charge on any atom is -0.484 e. The van der Waals surface area contributed by atoms with Gasteiger partial charge in [-0.25, -0.2) is 4.98 Å². The Morgan fingerprint density at radius 2 is 2.14 bits per heavy atom. The number of ether oxygens (including phenoxy) is 1. The first-order chi connectivity index (χ1) is 10.6. The number of carbonyl (C=O) groups excluding carboxylic acids is 1. The molecule has 1 aromatic heterocycles. The highest BCUT2D eigenvalue weighted by atomic mass is 35.5. The second-order valence-corrected chi connectivity index (χ2v) is 6.20. The van der Waals surface area contributed by atoms with E-state index in [4.69, 9.17) is 16.3 Å². The Balaban J connectivity index is 1.64. The molecule has 0 bridgehead atoms. The number of aryl methyl sites for hydroxylation is 1. The van der Waals surface area contributed by atoms with Crippen molar-refractivity contribution in [2.75, 3.05) is 11.9 Å². The number of rotatable bonds is 4. The number of thiazole rings is 1. The van der Waals surface area contributed by atoms with Crippen molar-refractivity contribution < 1.29 is 9.53 Å². The summed E-state index contributed by atoms with van der Waals surface area (Å²) in [5.41, 5.74) is 2.00. The van der Waals surface area contributed by atoms with Crippen molar-refractivity contribution in [2.45, 2.75) is 6.92 Å². The number of halogens is 1. The number of anilines is 1. The Morgan fingerprint density at radius 1 is 1.32 bits per heavy atom. The van der Waals surface area contributed by atoms with Gasteiger partial charge in [-0.3, -0.25) is 10.1 Å². The fraction of sp³-hybridized carbons (Fsp3) is 0.125. The molecule has 112 valence electrons. The van der Waals surface area contributed by atoms with Gasteiger partial charge in [0, 0.05) is 5.02 Å². The molecule has 2 aromatic carbocycles. The summed E-state index contributed by atoms with van der Waals surface area (Å²) in [6.07, 6.45) is 0. The third kappa shape index (κ3) is 3.37. The lowest BCUT2D eigenvalue weighted by atomic mass is 10.2. The molecule has 6 heteroatoms. The zero-order valence-corrected chi connectivity index (χ0v) is 13.4. The van der Waals surface area contributed by atoms with Gasteiger partial charge in [0.05, 0.1) is 10.2 Å². The lowest BCUT2D eigenvalue weighted by Crippen LogP contribution is -2.19. The third-order valence-electron chi connectivity index (χ3n) is 3.03. The summed E-state index contributed by atoms with van der Waals surface area (Å²) in [4.78, 5) is 16.4. The molecule has 0 aliphatic rings. The molecule has 22 heavy (non-hydrogen) atoms. The van der Waals surface area contributed by atoms with E-state index in [1.807, 2.05) is 25.1 Å². The van der Waals surface area contributed by atoms with Crippen LogP contribution in [-0.4, -0.2) is 17.5 Å². The lowest BCUT2D eigenvalue weighted by Gasteiger charge is -2.05. The monoisotopic (exact) mass is 332 g/mol. The number of benzene rings is 2. The van der Waals surface area contributed by atoms with Crippen LogP contribution < -0.4 is 10.1 Å². The minimum absolute atomic E-state index is 0.0880. The van der Waals surface area contributed by atoms with Crippen LogP contribution in [0.3, 0.4) is 0 Å². The summed E-state index contributed by atoms with van der Waals surface area (Å²) in [5, 5.41) is 3.90. The average molecular weight is 333 g/mol. The molecule has 0 radical (unpaired) electrons. The van der Waals surface area contributed by atoms with E-state index in [-0.39, 0.29) is 12.5 Å². The number of hydrogen-bond donors (Lipinski definition) is 1. The summed E-state index contributed by atoms with van der Waals surface area (Å²) in [5.74, 6) is 0.305. The van der Waals surface area contributed by atoms with Gasteiger partial charge >= 0.3 is 0 Å². The van der Waals surface area contributed by atoms with Crippen LogP contribution >= 0.6 is 22.9 Å². The first-order valence-corrected chi connectivity index (χ1v) is 7.85. The van der Waals surface area contributed by atoms with E-state index in [0.29, 0.717) is 15.9 Å². The molecule has 3 rings (SSSR count). The van der Waals surface area contributed by atoms with Crippen LogP contribution in [0.5, 0.6) is 5.75 Å². The number of aromatic nitrogens is 1. The second kappa shape index (κ2) is 6.34. The Hall–Kier alpha value is -2.11. The third-order valence-corrected chi connectivity index (χ3v) is 4.20. The van der Waals surface area contributed by atoms with Gasteiger partial charge in [-0.05, 0) is 36.8 Å². The summed E-state index contributed by atoms with van der Waals surface area (Å²) in [6, 6.07) is 12.9. The normalized spacial score (nSPS) is 10.6. The number of amides is 1. The number of para-hydroxylation sites is 1. The molecule has 0 unspecified atom stereocenters. The van der Waals surface area contributed by atoms with Gasteiger partial charge in [0.15, 0.2) is 11.7 Å². The molecule has 0 saturated carbocycles. The van der Waals surface area contributed by atoms with Gasteiger partial charge in [0.25, 0.3) is 5.91 Å². The molecule has 1 amide bonds. The van der Waals surface area contributed by atoms with E-state index >= 15 is 0 Å². The molecule has 3 aromatic rings. The van der Waals surface area contributed by atoms with Crippen LogP contribution in [0, 0.1) is 6.92 Å². The van der Waals surface area contributed by atoms with E-state index in [2.05, 4.69) is 10.3 Å². The second-order valence-electron chi connectivity index (χ2n) is 4.73. The molecule has 0 fully saturated rings. The van der Waals surface area contributed by atoms with Gasteiger partial charge in [0.2, 0.25) is 0 Å². The molecule has 0 saturated heterocycles. The van der Waals surface area contributed by atoms with Crippen LogP contribution in [0.25, 0.3) is 10.2 Å². The Morgan fingerprint density at radius 3 is 2.91 bits per heavy atom. The smallest absolute Gasteiger partial charge is 0.264 e. The molecule has 0 atom stereocenters. The van der Waals surface area contributed by atoms with Crippen molar-refractivity contribution in [1.29, 1.82) is 0 Å². The van der Waals surface area contributed by atoms with Crippen LogP contribution in [0.4, 0.5) is 5.13 Å². The Kier molecular flexibility index (Phi) is 4.27. The molecule has 4 nitrogen and oxygen atoms in total. The summed E-state index contributed by atoms with van der Waals surface area (Å²) in [7, 11) is 0. The van der Waals surface area contributed by atoms with Crippen molar-refractivity contribution >= 4 is 44.2 Å². The maximum Gasteiger partial charge on any atom is 0.264 e. The summed E-state index contributed by atoms with van der Waals surface area (Å²) < 4.78 is 6.45.